The predicted molar refractivity (Wildman–Crippen MR) is 161 cm³/mol. The zero-order chi connectivity index (χ0) is 30.8. The van der Waals surface area contributed by atoms with Crippen LogP contribution in [-0.4, -0.2) is 29.9 Å². The zero-order valence-electron chi connectivity index (χ0n) is 22.9. The summed E-state index contributed by atoms with van der Waals surface area (Å²) in [6.07, 6.45) is 0. The predicted octanol–water partition coefficient (Wildman–Crippen LogP) is 7.19. The summed E-state index contributed by atoms with van der Waals surface area (Å²) < 4.78 is 17.8. The number of hydrogen-bond donors (Lipinski definition) is 0. The fourth-order valence-electron chi connectivity index (χ4n) is 4.47. The van der Waals surface area contributed by atoms with Gasteiger partial charge in [0.15, 0.2) is 0 Å². The molecule has 0 bridgehead atoms. The molecule has 210 valence electrons. The second-order valence-corrected chi connectivity index (χ2v) is 9.28. The molecular weight excluding hydrogens is 570 g/mol. The van der Waals surface area contributed by atoms with Gasteiger partial charge in [0.25, 0.3) is 11.8 Å². The standard InChI is InChI=1S/C33H15N9O3/c1-36-30-33(45-21-15-9-4-10-16-21)42-29-25-27(40-31(22(17-34)38-25)43-19-11-5-2-6-12-19)24-28(26(29)39-30)41-32(23(18-35)37-24)44-20-13-7-3-8-14-20/h2-16H. The smallest absolute Gasteiger partial charge is 0.332 e. The van der Waals surface area contributed by atoms with Crippen LogP contribution < -0.4 is 14.2 Å². The van der Waals surface area contributed by atoms with Gasteiger partial charge in [0.1, 0.15) is 57.0 Å². The molecule has 3 aromatic heterocycles. The van der Waals surface area contributed by atoms with E-state index in [1.807, 2.05) is 30.3 Å². The molecule has 0 fully saturated rings. The molecule has 7 aromatic rings. The van der Waals surface area contributed by atoms with Crippen molar-refractivity contribution in [3.63, 3.8) is 0 Å². The van der Waals surface area contributed by atoms with Crippen molar-refractivity contribution in [1.29, 1.82) is 10.5 Å². The number of hydrogen-bond acceptors (Lipinski definition) is 11. The van der Waals surface area contributed by atoms with Gasteiger partial charge in [-0.1, -0.05) is 61.2 Å². The highest BCUT2D eigenvalue weighted by molar-refractivity contribution is 6.18. The third-order valence-electron chi connectivity index (χ3n) is 6.44. The lowest BCUT2D eigenvalue weighted by molar-refractivity contribution is 0.460. The summed E-state index contributed by atoms with van der Waals surface area (Å²) in [6, 6.07) is 30.4. The molecule has 4 aromatic carbocycles. The average molecular weight is 586 g/mol. The van der Waals surface area contributed by atoms with E-state index < -0.39 is 0 Å². The molecular formula is C33H15N9O3. The molecule has 3 heterocycles. The number of nitrogens with zero attached hydrogens (tertiary/aromatic N) is 9. The van der Waals surface area contributed by atoms with E-state index in [-0.39, 0.29) is 67.9 Å². The fourth-order valence-corrected chi connectivity index (χ4v) is 4.47. The summed E-state index contributed by atoms with van der Waals surface area (Å²) in [5.74, 6) is 0.868. The summed E-state index contributed by atoms with van der Waals surface area (Å²) in [5.41, 5.74) is 0.489. The SMILES string of the molecule is [C-]#[N+]c1nc2c3nc(Oc4ccccc4)c(C#N)nc3c3nc(Oc4ccccc4)c(C#N)nc3c2nc1Oc1ccccc1. The van der Waals surface area contributed by atoms with Crippen LogP contribution in [0.2, 0.25) is 0 Å². The van der Waals surface area contributed by atoms with Crippen LogP contribution in [0.3, 0.4) is 0 Å². The van der Waals surface area contributed by atoms with Crippen LogP contribution in [0.4, 0.5) is 5.82 Å². The number of aromatic nitrogens is 6. The first-order valence-electron chi connectivity index (χ1n) is 13.3. The molecule has 0 saturated carbocycles. The maximum absolute atomic E-state index is 10.0. The van der Waals surface area contributed by atoms with E-state index in [1.54, 1.807) is 72.8 Å². The van der Waals surface area contributed by atoms with Gasteiger partial charge in [0.05, 0.1) is 0 Å². The van der Waals surface area contributed by atoms with Crippen molar-refractivity contribution < 1.29 is 14.2 Å². The van der Waals surface area contributed by atoms with Crippen LogP contribution in [0.25, 0.3) is 37.9 Å². The lowest BCUT2D eigenvalue weighted by atomic mass is 10.1. The number of nitriles is 2. The van der Waals surface area contributed by atoms with E-state index in [0.29, 0.717) is 17.2 Å². The molecule has 12 nitrogen and oxygen atoms in total. The quantitative estimate of drug-likeness (QED) is 0.144. The normalized spacial score (nSPS) is 10.6. The van der Waals surface area contributed by atoms with Gasteiger partial charge < -0.3 is 19.1 Å². The number of benzene rings is 4. The van der Waals surface area contributed by atoms with Crippen LogP contribution in [0.5, 0.6) is 34.9 Å². The molecule has 0 aliphatic carbocycles. The first-order chi connectivity index (χ1) is 22.1. The van der Waals surface area contributed by atoms with Crippen LogP contribution in [0.1, 0.15) is 11.4 Å². The number of rotatable bonds is 6. The zero-order valence-corrected chi connectivity index (χ0v) is 22.9. The molecule has 12 heteroatoms. The van der Waals surface area contributed by atoms with Gasteiger partial charge in [-0.3, -0.25) is 0 Å². The Morgan fingerprint density at radius 2 is 0.800 bits per heavy atom. The first kappa shape index (κ1) is 26.7. The van der Waals surface area contributed by atoms with Gasteiger partial charge in [-0.05, 0) is 36.4 Å². The molecule has 7 rings (SSSR count). The third-order valence-corrected chi connectivity index (χ3v) is 6.44. The van der Waals surface area contributed by atoms with Crippen LogP contribution >= 0.6 is 0 Å². The molecule has 45 heavy (non-hydrogen) atoms. The molecule has 0 radical (unpaired) electrons. The minimum Gasteiger partial charge on any atom is -0.447 e. The van der Waals surface area contributed by atoms with Crippen molar-refractivity contribution >= 4 is 38.9 Å². The summed E-state index contributed by atoms with van der Waals surface area (Å²) in [4.78, 5) is 31.1. The molecule has 0 aliphatic rings. The molecule has 0 saturated heterocycles. The van der Waals surface area contributed by atoms with Crippen LogP contribution in [0, 0.1) is 29.2 Å². The molecule has 0 aliphatic heterocycles. The minimum absolute atomic E-state index is 0.0865. The molecule has 0 unspecified atom stereocenters. The van der Waals surface area contributed by atoms with Crippen molar-refractivity contribution in [2.75, 3.05) is 0 Å². The number of para-hydroxylation sites is 3. The third kappa shape index (κ3) is 4.95. The van der Waals surface area contributed by atoms with Gasteiger partial charge in [0, 0.05) is 0 Å². The van der Waals surface area contributed by atoms with Crippen LogP contribution in [-0.2, 0) is 0 Å². The second kappa shape index (κ2) is 11.2. The van der Waals surface area contributed by atoms with E-state index in [9.17, 15) is 10.5 Å². The second-order valence-electron chi connectivity index (χ2n) is 9.28. The van der Waals surface area contributed by atoms with E-state index >= 15 is 0 Å². The van der Waals surface area contributed by atoms with Crippen molar-refractivity contribution in [1.82, 2.24) is 29.9 Å². The topological polar surface area (TPSA) is 157 Å². The van der Waals surface area contributed by atoms with E-state index in [2.05, 4.69) is 34.7 Å². The first-order valence-corrected chi connectivity index (χ1v) is 13.3. The summed E-state index contributed by atoms with van der Waals surface area (Å²) >= 11 is 0. The van der Waals surface area contributed by atoms with Crippen LogP contribution in [0.15, 0.2) is 91.0 Å². The Balaban J connectivity index is 1.55. The number of fused-ring (bicyclic) bond motifs is 6. The monoisotopic (exact) mass is 585 g/mol. The Morgan fingerprint density at radius 3 is 1.18 bits per heavy atom. The Bertz CT molecular complexity index is 2090. The van der Waals surface area contributed by atoms with Crippen molar-refractivity contribution in [3.8, 4) is 47.0 Å². The van der Waals surface area contributed by atoms with Gasteiger partial charge >= 0.3 is 5.82 Å². The Hall–Kier alpha value is -7.23. The maximum atomic E-state index is 10.0. The number of ether oxygens (including phenoxy) is 3. The van der Waals surface area contributed by atoms with Gasteiger partial charge in [-0.25, -0.2) is 24.9 Å². The average Bonchev–Trinajstić information content (AvgIpc) is 3.09. The van der Waals surface area contributed by atoms with Gasteiger partial charge in [0.2, 0.25) is 22.8 Å². The highest BCUT2D eigenvalue weighted by atomic mass is 16.5. The maximum Gasteiger partial charge on any atom is 0.332 e. The highest BCUT2D eigenvalue weighted by Crippen LogP contribution is 2.38. The highest BCUT2D eigenvalue weighted by Gasteiger charge is 2.26. The molecule has 0 amide bonds. The largest absolute Gasteiger partial charge is 0.447 e. The lowest BCUT2D eigenvalue weighted by Gasteiger charge is -2.12. The lowest BCUT2D eigenvalue weighted by Crippen LogP contribution is -2.04. The molecule has 0 atom stereocenters. The van der Waals surface area contributed by atoms with E-state index in [4.69, 9.17) is 20.8 Å². The summed E-state index contributed by atoms with van der Waals surface area (Å²) in [5, 5.41) is 20.0. The van der Waals surface area contributed by atoms with E-state index in [1.165, 1.54) is 0 Å². The minimum atomic E-state index is -0.152. The summed E-state index contributed by atoms with van der Waals surface area (Å²) in [7, 11) is 0. The molecule has 0 spiro atoms. The Labute approximate surface area is 254 Å². The fraction of sp³-hybridized carbons (Fsp3) is 0. The van der Waals surface area contributed by atoms with Gasteiger partial charge in [-0.15, -0.1) is 4.98 Å². The van der Waals surface area contributed by atoms with Crippen molar-refractivity contribution in [2.24, 2.45) is 0 Å². The molecule has 0 N–H and O–H groups in total. The van der Waals surface area contributed by atoms with E-state index in [0.717, 1.165) is 0 Å². The Kier molecular flexibility index (Phi) is 6.64. The summed E-state index contributed by atoms with van der Waals surface area (Å²) in [6.45, 7) is 7.80. The van der Waals surface area contributed by atoms with Crippen molar-refractivity contribution in [3.05, 3.63) is 114 Å². The van der Waals surface area contributed by atoms with Gasteiger partial charge in [-0.2, -0.15) is 10.5 Å². The Morgan fingerprint density at radius 1 is 0.467 bits per heavy atom. The van der Waals surface area contributed by atoms with Crippen molar-refractivity contribution in [2.45, 2.75) is 0 Å².